The summed E-state index contributed by atoms with van der Waals surface area (Å²) >= 11 is 1.68. The van der Waals surface area contributed by atoms with E-state index >= 15 is 0 Å². The van der Waals surface area contributed by atoms with Gasteiger partial charge in [0.25, 0.3) is 0 Å². The summed E-state index contributed by atoms with van der Waals surface area (Å²) in [6, 6.07) is 6.37. The molecule has 4 aromatic heterocycles. The molecule has 3 N–H and O–H groups in total. The zero-order valence-corrected chi connectivity index (χ0v) is 23.6. The fourth-order valence-electron chi connectivity index (χ4n) is 4.10. The fourth-order valence-corrected chi connectivity index (χ4v) is 4.76. The van der Waals surface area contributed by atoms with E-state index in [4.69, 9.17) is 4.98 Å². The highest BCUT2D eigenvalue weighted by atomic mass is 32.1. The van der Waals surface area contributed by atoms with Gasteiger partial charge in [-0.25, -0.2) is 0 Å². The second kappa shape index (κ2) is 11.1. The van der Waals surface area contributed by atoms with Gasteiger partial charge in [0.1, 0.15) is 5.69 Å². The molecule has 6 heteroatoms. The van der Waals surface area contributed by atoms with Crippen molar-refractivity contribution < 1.29 is 0 Å². The van der Waals surface area contributed by atoms with Gasteiger partial charge < -0.3 is 10.3 Å². The molecule has 0 radical (unpaired) electrons. The number of rotatable bonds is 9. The number of thiophene rings is 1. The van der Waals surface area contributed by atoms with Gasteiger partial charge in [-0.1, -0.05) is 58.7 Å². The monoisotopic (exact) mass is 521 g/mol. The molecule has 0 aliphatic heterocycles. The average Bonchev–Trinajstić information content (AvgIpc) is 3.64. The second-order valence-electron chi connectivity index (χ2n) is 10.1. The van der Waals surface area contributed by atoms with Gasteiger partial charge in [0.15, 0.2) is 0 Å². The van der Waals surface area contributed by atoms with Crippen LogP contribution in [0, 0.1) is 12.3 Å². The molecule has 0 unspecified atom stereocenters. The lowest BCUT2D eigenvalue weighted by Gasteiger charge is -2.23. The van der Waals surface area contributed by atoms with Crippen LogP contribution in [0.3, 0.4) is 0 Å². The third-order valence-corrected chi connectivity index (χ3v) is 7.15. The number of aryl methyl sites for hydroxylation is 1. The average molecular weight is 522 g/mol. The topological polar surface area (TPSA) is 69.4 Å². The minimum atomic E-state index is -0.0712. The number of H-pyrrole nitrogens is 2. The number of nitrogens with one attached hydrogen (secondary N) is 3. The van der Waals surface area contributed by atoms with Gasteiger partial charge in [0, 0.05) is 33.5 Å². The van der Waals surface area contributed by atoms with Crippen LogP contribution in [-0.4, -0.2) is 20.2 Å². The second-order valence-corrected chi connectivity index (χ2v) is 10.9. The Bertz CT molecular complexity index is 1580. The van der Waals surface area contributed by atoms with Crippen LogP contribution >= 0.6 is 11.3 Å². The molecule has 0 amide bonds. The van der Waals surface area contributed by atoms with E-state index < -0.39 is 0 Å². The summed E-state index contributed by atoms with van der Waals surface area (Å²) in [5.41, 5.74) is 10.7. The molecule has 0 fully saturated rings. The van der Waals surface area contributed by atoms with Crippen molar-refractivity contribution in [3.63, 3.8) is 0 Å². The van der Waals surface area contributed by atoms with Gasteiger partial charge in [-0.2, -0.15) is 16.4 Å². The summed E-state index contributed by atoms with van der Waals surface area (Å²) < 4.78 is 0. The van der Waals surface area contributed by atoms with Crippen LogP contribution in [0.15, 0.2) is 96.7 Å². The van der Waals surface area contributed by atoms with Crippen LogP contribution in [0.25, 0.3) is 33.4 Å². The minimum Gasteiger partial charge on any atom is -0.359 e. The van der Waals surface area contributed by atoms with Crippen molar-refractivity contribution >= 4 is 33.4 Å². The number of fused-ring (bicyclic) bond motifs is 1. The molecule has 0 aliphatic rings. The Morgan fingerprint density at radius 2 is 1.97 bits per heavy atom. The summed E-state index contributed by atoms with van der Waals surface area (Å²) in [5.74, 6) is 0. The number of aromatic nitrogens is 4. The summed E-state index contributed by atoms with van der Waals surface area (Å²) in [7, 11) is 0. The lowest BCUT2D eigenvalue weighted by molar-refractivity contribution is 0.478. The highest BCUT2D eigenvalue weighted by Crippen LogP contribution is 2.34. The third kappa shape index (κ3) is 5.55. The molecule has 0 bridgehead atoms. The Hall–Kier alpha value is -4.16. The highest BCUT2D eigenvalue weighted by Gasteiger charge is 2.18. The van der Waals surface area contributed by atoms with Crippen molar-refractivity contribution in [2.45, 2.75) is 34.6 Å². The van der Waals surface area contributed by atoms with Crippen molar-refractivity contribution in [1.82, 2.24) is 25.5 Å². The van der Waals surface area contributed by atoms with Gasteiger partial charge in [-0.15, -0.1) is 0 Å². The van der Waals surface area contributed by atoms with E-state index in [0.717, 1.165) is 61.8 Å². The molecule has 4 heterocycles. The SMILES string of the molecule is C=C/C=C(/c1ccsc1)c1cc(-c2n[nH]c3cnc(C(/C=C(\C=C)NC(=C)C(C)(C)C)=C/C)cc23)[nH]c1C. The van der Waals surface area contributed by atoms with Crippen LogP contribution in [0.1, 0.15) is 50.2 Å². The maximum absolute atomic E-state index is 4.71. The molecule has 0 atom stereocenters. The Morgan fingerprint density at radius 3 is 2.61 bits per heavy atom. The zero-order chi connectivity index (χ0) is 27.4. The van der Waals surface area contributed by atoms with Crippen LogP contribution < -0.4 is 5.32 Å². The van der Waals surface area contributed by atoms with Crippen molar-refractivity contribution in [3.05, 3.63) is 119 Å². The van der Waals surface area contributed by atoms with Crippen molar-refractivity contribution in [1.29, 1.82) is 0 Å². The molecule has 4 rings (SSSR count). The van der Waals surface area contributed by atoms with E-state index in [2.05, 4.69) is 103 Å². The molecule has 0 aromatic carbocycles. The predicted octanol–water partition coefficient (Wildman–Crippen LogP) is 8.56. The first-order valence-corrected chi connectivity index (χ1v) is 13.5. The van der Waals surface area contributed by atoms with Crippen LogP contribution in [0.4, 0.5) is 0 Å². The third-order valence-electron chi connectivity index (χ3n) is 6.46. The molecular weight excluding hydrogens is 486 g/mol. The molecule has 38 heavy (non-hydrogen) atoms. The summed E-state index contributed by atoms with van der Waals surface area (Å²) in [4.78, 5) is 8.26. The zero-order valence-electron chi connectivity index (χ0n) is 22.8. The Labute approximate surface area is 229 Å². The number of allylic oxidation sites excluding steroid dienone is 7. The van der Waals surface area contributed by atoms with Gasteiger partial charge in [-0.05, 0) is 71.7 Å². The summed E-state index contributed by atoms with van der Waals surface area (Å²) in [6.45, 7) is 22.6. The van der Waals surface area contributed by atoms with Gasteiger partial charge in [-0.3, -0.25) is 10.1 Å². The lowest BCUT2D eigenvalue weighted by atomic mass is 9.92. The van der Waals surface area contributed by atoms with Crippen molar-refractivity contribution in [2.24, 2.45) is 5.41 Å². The molecule has 0 saturated heterocycles. The smallest absolute Gasteiger partial charge is 0.116 e. The first-order chi connectivity index (χ1) is 18.2. The molecule has 5 nitrogen and oxygen atoms in total. The van der Waals surface area contributed by atoms with E-state index in [1.807, 2.05) is 31.3 Å². The van der Waals surface area contributed by atoms with Crippen LogP contribution in [-0.2, 0) is 0 Å². The largest absolute Gasteiger partial charge is 0.359 e. The highest BCUT2D eigenvalue weighted by molar-refractivity contribution is 7.08. The number of nitrogens with zero attached hydrogens (tertiary/aromatic N) is 2. The normalized spacial score (nSPS) is 13.1. The maximum atomic E-state index is 4.71. The summed E-state index contributed by atoms with van der Waals surface area (Å²) in [6.07, 6.45) is 11.6. The Balaban J connectivity index is 1.73. The maximum Gasteiger partial charge on any atom is 0.116 e. The number of pyridine rings is 1. The first kappa shape index (κ1) is 26.9. The fraction of sp³-hybridized carbons (Fsp3) is 0.188. The van der Waals surface area contributed by atoms with Gasteiger partial charge in [0.05, 0.1) is 23.1 Å². The standard InChI is InChI=1S/C32H35N5S/c1-9-12-25(23-13-14-38-19-23)26-16-29(34-20(26)4)31-27-17-28(33-18-30(27)36-37-31)22(10-2)15-24(11-3)35-21(5)32(6,7)8/h9-19,34-35H,1,3,5H2,2,4,6-8H3,(H,36,37)/b22-10+,24-15+,25-12-. The van der Waals surface area contributed by atoms with Crippen LogP contribution in [0.2, 0.25) is 0 Å². The Kier molecular flexibility index (Phi) is 7.83. The molecule has 4 aromatic rings. The summed E-state index contributed by atoms with van der Waals surface area (Å²) in [5, 5.41) is 16.4. The van der Waals surface area contributed by atoms with Gasteiger partial charge in [0.2, 0.25) is 0 Å². The molecule has 0 aliphatic carbocycles. The van der Waals surface area contributed by atoms with E-state index in [1.165, 1.54) is 5.56 Å². The quantitative estimate of drug-likeness (QED) is 0.193. The minimum absolute atomic E-state index is 0.0712. The van der Waals surface area contributed by atoms with E-state index in [9.17, 15) is 0 Å². The lowest BCUT2D eigenvalue weighted by Crippen LogP contribution is -2.22. The van der Waals surface area contributed by atoms with Gasteiger partial charge >= 0.3 is 0 Å². The molecule has 194 valence electrons. The number of hydrogen-bond donors (Lipinski definition) is 3. The molecular formula is C32H35N5S. The van der Waals surface area contributed by atoms with E-state index in [-0.39, 0.29) is 5.41 Å². The molecule has 0 saturated carbocycles. The predicted molar refractivity (Wildman–Crippen MR) is 164 cm³/mol. The van der Waals surface area contributed by atoms with E-state index in [1.54, 1.807) is 17.4 Å². The number of aromatic amines is 2. The van der Waals surface area contributed by atoms with Crippen molar-refractivity contribution in [2.75, 3.05) is 0 Å². The first-order valence-electron chi connectivity index (χ1n) is 12.5. The van der Waals surface area contributed by atoms with Crippen LogP contribution in [0.5, 0.6) is 0 Å². The molecule has 0 spiro atoms. The van der Waals surface area contributed by atoms with Crippen molar-refractivity contribution in [3.8, 4) is 11.4 Å². The number of hydrogen-bond acceptors (Lipinski definition) is 4. The van der Waals surface area contributed by atoms with E-state index in [0.29, 0.717) is 0 Å². The Morgan fingerprint density at radius 1 is 1.18 bits per heavy atom.